The van der Waals surface area contributed by atoms with Gasteiger partial charge in [-0.1, -0.05) is 29.8 Å². The molecular formula is C30H34ClN9O6S. The SMILES string of the molecule is CS(=O)(=O)O.Cc1nccc(Nc2ncc(Cl)c(-c3ccc4c(c3)C(=O)N(C(C)C(=O)N[C@H](CO)c3cccc(N(C)C)n3)C4)n2)n1. The van der Waals surface area contributed by atoms with Gasteiger partial charge in [-0.05, 0) is 43.7 Å². The Morgan fingerprint density at radius 2 is 1.85 bits per heavy atom. The summed E-state index contributed by atoms with van der Waals surface area (Å²) >= 11 is 6.45. The number of benzene rings is 1. The van der Waals surface area contributed by atoms with E-state index >= 15 is 0 Å². The van der Waals surface area contributed by atoms with Crippen molar-refractivity contribution in [1.82, 2.24) is 35.1 Å². The number of amides is 2. The van der Waals surface area contributed by atoms with Crippen LogP contribution in [-0.4, -0.2) is 92.7 Å². The van der Waals surface area contributed by atoms with Crippen molar-refractivity contribution < 1.29 is 27.7 Å². The van der Waals surface area contributed by atoms with Gasteiger partial charge in [0.15, 0.2) is 0 Å². The fraction of sp³-hybridized carbons (Fsp3) is 0.300. The number of carbonyl (C=O) groups is 2. The highest BCUT2D eigenvalue weighted by atomic mass is 35.5. The number of carbonyl (C=O) groups excluding carboxylic acids is 2. The quantitative estimate of drug-likeness (QED) is 0.188. The first-order valence-electron chi connectivity index (χ1n) is 14.2. The average Bonchev–Trinajstić information content (AvgIpc) is 3.34. The van der Waals surface area contributed by atoms with Crippen LogP contribution in [0.15, 0.2) is 54.9 Å². The Hall–Kier alpha value is -4.77. The maximum Gasteiger partial charge on any atom is 0.261 e. The van der Waals surface area contributed by atoms with E-state index in [9.17, 15) is 23.1 Å². The van der Waals surface area contributed by atoms with Crippen LogP contribution in [-0.2, 0) is 21.5 Å². The molecule has 0 aliphatic carbocycles. The number of halogens is 1. The lowest BCUT2D eigenvalue weighted by Gasteiger charge is -2.26. The average molecular weight is 684 g/mol. The van der Waals surface area contributed by atoms with E-state index in [2.05, 4.69) is 35.6 Å². The van der Waals surface area contributed by atoms with Crippen molar-refractivity contribution in [3.05, 3.63) is 82.5 Å². The summed E-state index contributed by atoms with van der Waals surface area (Å²) in [5, 5.41) is 16.2. The van der Waals surface area contributed by atoms with Crippen LogP contribution < -0.4 is 15.5 Å². The third-order valence-electron chi connectivity index (χ3n) is 6.89. The lowest BCUT2D eigenvalue weighted by atomic mass is 10.0. The number of pyridine rings is 1. The lowest BCUT2D eigenvalue weighted by molar-refractivity contribution is -0.126. The van der Waals surface area contributed by atoms with E-state index in [-0.39, 0.29) is 25.0 Å². The molecule has 1 aromatic carbocycles. The van der Waals surface area contributed by atoms with Gasteiger partial charge in [0.2, 0.25) is 11.9 Å². The first kappa shape index (κ1) is 35.1. The maximum atomic E-state index is 13.5. The molecule has 1 aliphatic heterocycles. The zero-order valence-electron chi connectivity index (χ0n) is 26.2. The Kier molecular flexibility index (Phi) is 11.0. The van der Waals surface area contributed by atoms with Crippen molar-refractivity contribution in [1.29, 1.82) is 0 Å². The highest BCUT2D eigenvalue weighted by Crippen LogP contribution is 2.32. The molecule has 0 fully saturated rings. The second kappa shape index (κ2) is 14.8. The minimum absolute atomic E-state index is 0.262. The molecule has 0 radical (unpaired) electrons. The Balaban J connectivity index is 0.000000930. The number of aromatic nitrogens is 5. The van der Waals surface area contributed by atoms with Crippen molar-refractivity contribution in [3.8, 4) is 11.3 Å². The monoisotopic (exact) mass is 683 g/mol. The predicted molar refractivity (Wildman–Crippen MR) is 176 cm³/mol. The number of aryl methyl sites for hydroxylation is 1. The van der Waals surface area contributed by atoms with E-state index in [0.29, 0.717) is 51.3 Å². The van der Waals surface area contributed by atoms with Gasteiger partial charge in [0, 0.05) is 38.0 Å². The molecule has 3 aromatic heterocycles. The third-order valence-corrected chi connectivity index (χ3v) is 7.17. The molecule has 4 N–H and O–H groups in total. The van der Waals surface area contributed by atoms with Crippen LogP contribution in [0.5, 0.6) is 0 Å². The Bertz CT molecular complexity index is 1890. The number of rotatable bonds is 9. The van der Waals surface area contributed by atoms with Gasteiger partial charge in [0.1, 0.15) is 23.5 Å². The molecule has 2 atom stereocenters. The molecule has 17 heteroatoms. The minimum atomic E-state index is -3.67. The molecule has 4 heterocycles. The number of anilines is 3. The number of nitrogens with zero attached hydrogens (tertiary/aromatic N) is 7. The number of hydrogen-bond acceptors (Lipinski definition) is 12. The first-order chi connectivity index (χ1) is 22.1. The summed E-state index contributed by atoms with van der Waals surface area (Å²) in [5.74, 6) is 1.43. The van der Waals surface area contributed by atoms with E-state index in [1.54, 1.807) is 38.2 Å². The van der Waals surface area contributed by atoms with Crippen LogP contribution in [0.3, 0.4) is 0 Å². The Labute approximate surface area is 276 Å². The van der Waals surface area contributed by atoms with Gasteiger partial charge in [-0.25, -0.2) is 24.9 Å². The van der Waals surface area contributed by atoms with E-state index < -0.39 is 28.1 Å². The molecular weight excluding hydrogens is 650 g/mol. The molecule has 1 unspecified atom stereocenters. The van der Waals surface area contributed by atoms with Gasteiger partial charge >= 0.3 is 0 Å². The molecule has 47 heavy (non-hydrogen) atoms. The number of aliphatic hydroxyl groups is 1. The summed E-state index contributed by atoms with van der Waals surface area (Å²) in [6.45, 7) is 3.36. The summed E-state index contributed by atoms with van der Waals surface area (Å²) in [5.41, 5.74) is 2.83. The molecule has 4 aromatic rings. The maximum absolute atomic E-state index is 13.5. The second-order valence-electron chi connectivity index (χ2n) is 10.8. The molecule has 0 bridgehead atoms. The van der Waals surface area contributed by atoms with Crippen LogP contribution in [0.1, 0.15) is 40.4 Å². The summed E-state index contributed by atoms with van der Waals surface area (Å²) in [7, 11) is 0.0519. The number of hydrogen-bond donors (Lipinski definition) is 4. The topological polar surface area (TPSA) is 204 Å². The summed E-state index contributed by atoms with van der Waals surface area (Å²) < 4.78 is 25.9. The highest BCUT2D eigenvalue weighted by Gasteiger charge is 2.35. The van der Waals surface area contributed by atoms with Crippen LogP contribution >= 0.6 is 11.6 Å². The predicted octanol–water partition coefficient (Wildman–Crippen LogP) is 2.80. The summed E-state index contributed by atoms with van der Waals surface area (Å²) in [4.78, 5) is 51.7. The molecule has 248 valence electrons. The number of aliphatic hydroxyl groups excluding tert-OH is 1. The molecule has 5 rings (SSSR count). The van der Waals surface area contributed by atoms with Crippen molar-refractivity contribution in [3.63, 3.8) is 0 Å². The molecule has 1 aliphatic rings. The third kappa shape index (κ3) is 9.16. The molecule has 2 amide bonds. The van der Waals surface area contributed by atoms with Crippen LogP contribution in [0.2, 0.25) is 5.02 Å². The van der Waals surface area contributed by atoms with E-state index in [0.717, 1.165) is 5.56 Å². The van der Waals surface area contributed by atoms with Crippen LogP contribution in [0.4, 0.5) is 17.6 Å². The lowest BCUT2D eigenvalue weighted by Crippen LogP contribution is -2.47. The van der Waals surface area contributed by atoms with Crippen LogP contribution in [0, 0.1) is 6.92 Å². The van der Waals surface area contributed by atoms with E-state index in [1.165, 1.54) is 11.1 Å². The largest absolute Gasteiger partial charge is 0.394 e. The van der Waals surface area contributed by atoms with Crippen LogP contribution in [0.25, 0.3) is 11.3 Å². The van der Waals surface area contributed by atoms with Gasteiger partial charge in [0.05, 0.1) is 41.5 Å². The van der Waals surface area contributed by atoms with Crippen molar-refractivity contribution >= 4 is 51.1 Å². The van der Waals surface area contributed by atoms with Gasteiger partial charge in [-0.2, -0.15) is 8.42 Å². The smallest absolute Gasteiger partial charge is 0.261 e. The fourth-order valence-corrected chi connectivity index (χ4v) is 4.78. The van der Waals surface area contributed by atoms with Gasteiger partial charge in [-0.3, -0.25) is 14.1 Å². The van der Waals surface area contributed by atoms with Gasteiger partial charge < -0.3 is 25.5 Å². The highest BCUT2D eigenvalue weighted by molar-refractivity contribution is 7.85. The first-order valence-corrected chi connectivity index (χ1v) is 16.4. The fourth-order valence-electron chi connectivity index (χ4n) is 4.58. The van der Waals surface area contributed by atoms with Crippen molar-refractivity contribution in [2.45, 2.75) is 32.5 Å². The second-order valence-corrected chi connectivity index (χ2v) is 12.7. The summed E-state index contributed by atoms with van der Waals surface area (Å²) in [6, 6.07) is 11.0. The van der Waals surface area contributed by atoms with Gasteiger partial charge in [-0.15, -0.1) is 0 Å². The molecule has 15 nitrogen and oxygen atoms in total. The Morgan fingerprint density at radius 1 is 1.13 bits per heavy atom. The molecule has 0 saturated carbocycles. The van der Waals surface area contributed by atoms with Gasteiger partial charge in [0.25, 0.3) is 16.0 Å². The van der Waals surface area contributed by atoms with Crippen molar-refractivity contribution in [2.75, 3.05) is 37.2 Å². The molecule has 0 saturated heterocycles. The number of fused-ring (bicyclic) bond motifs is 1. The minimum Gasteiger partial charge on any atom is -0.394 e. The zero-order valence-corrected chi connectivity index (χ0v) is 27.8. The molecule has 0 spiro atoms. The van der Waals surface area contributed by atoms with E-state index in [4.69, 9.17) is 16.2 Å². The number of nitrogens with one attached hydrogen (secondary N) is 2. The normalized spacial score (nSPS) is 13.6. The van der Waals surface area contributed by atoms with Crippen molar-refractivity contribution in [2.24, 2.45) is 0 Å². The zero-order chi connectivity index (χ0) is 34.5. The van der Waals surface area contributed by atoms with E-state index in [1.807, 2.05) is 43.3 Å². The summed E-state index contributed by atoms with van der Waals surface area (Å²) in [6.07, 6.45) is 3.83. The Morgan fingerprint density at radius 3 is 2.51 bits per heavy atom. The standard InChI is InChI=1S/C29H30ClN9O3.CH4O3S/c1-16(27(41)35-23(15-40)22-6-5-7-25(34-22)38(3)4)39-14-19-9-8-18(12-20(19)28(39)42)26-21(30)13-32-29(37-26)36-24-10-11-31-17(2)33-24;1-5(2,3)4/h5-13,16,23,40H,14-15H2,1-4H3,(H,35,41)(H,31,32,33,36,37);1H3,(H,2,3,4)/t16?,23-;/m1./s1.